The van der Waals surface area contributed by atoms with Crippen molar-refractivity contribution in [3.8, 4) is 0 Å². The quantitative estimate of drug-likeness (QED) is 0.824. The van der Waals surface area contributed by atoms with Gasteiger partial charge in [0.1, 0.15) is 0 Å². The first kappa shape index (κ1) is 16.4. The summed E-state index contributed by atoms with van der Waals surface area (Å²) in [6.07, 6.45) is 3.07. The van der Waals surface area contributed by atoms with Crippen molar-refractivity contribution in [2.45, 2.75) is 25.5 Å². The third-order valence-electron chi connectivity index (χ3n) is 4.65. The lowest BCUT2D eigenvalue weighted by molar-refractivity contribution is -0.0434. The van der Waals surface area contributed by atoms with Crippen LogP contribution >= 0.6 is 0 Å². The van der Waals surface area contributed by atoms with E-state index >= 15 is 0 Å². The van der Waals surface area contributed by atoms with Crippen LogP contribution in [0, 0.1) is 5.92 Å². The fourth-order valence-electron chi connectivity index (χ4n) is 3.23. The van der Waals surface area contributed by atoms with Crippen LogP contribution in [0.25, 0.3) is 0 Å². The Morgan fingerprint density at radius 2 is 2.04 bits per heavy atom. The smallest absolute Gasteiger partial charge is 0.248 e. The van der Waals surface area contributed by atoms with Gasteiger partial charge in [0, 0.05) is 38.3 Å². The Bertz CT molecular complexity index is 528. The number of rotatable bonds is 7. The van der Waals surface area contributed by atoms with Crippen molar-refractivity contribution in [3.05, 3.63) is 35.4 Å². The van der Waals surface area contributed by atoms with Crippen molar-refractivity contribution in [1.82, 2.24) is 9.80 Å². The molecule has 0 spiro atoms. The van der Waals surface area contributed by atoms with Crippen LogP contribution in [0.3, 0.4) is 0 Å². The molecule has 5 heteroatoms. The Balaban J connectivity index is 1.48. The Labute approximate surface area is 138 Å². The molecular weight excluding hydrogens is 290 g/mol. The third kappa shape index (κ3) is 5.03. The number of primary amides is 1. The van der Waals surface area contributed by atoms with Crippen LogP contribution in [-0.2, 0) is 11.3 Å². The fraction of sp³-hybridized carbons (Fsp3) is 0.611. The van der Waals surface area contributed by atoms with E-state index in [0.717, 1.165) is 38.7 Å². The van der Waals surface area contributed by atoms with Crippen molar-refractivity contribution < 1.29 is 9.53 Å². The zero-order valence-corrected chi connectivity index (χ0v) is 13.9. The molecule has 1 heterocycles. The van der Waals surface area contributed by atoms with E-state index in [0.29, 0.717) is 5.56 Å². The molecule has 1 aliphatic carbocycles. The zero-order valence-electron chi connectivity index (χ0n) is 13.9. The molecule has 1 amide bonds. The van der Waals surface area contributed by atoms with Crippen molar-refractivity contribution in [2.75, 3.05) is 39.8 Å². The fourth-order valence-corrected chi connectivity index (χ4v) is 3.23. The molecule has 5 nitrogen and oxygen atoms in total. The molecule has 2 aliphatic rings. The molecule has 2 N–H and O–H groups in total. The van der Waals surface area contributed by atoms with Crippen LogP contribution in [0.2, 0.25) is 0 Å². The number of carbonyl (C=O) groups excluding carboxylic acids is 1. The Kier molecular flexibility index (Phi) is 5.30. The van der Waals surface area contributed by atoms with Gasteiger partial charge in [0.2, 0.25) is 5.91 Å². The predicted octanol–water partition coefficient (Wildman–Crippen LogP) is 1.33. The van der Waals surface area contributed by atoms with Crippen LogP contribution in [0.15, 0.2) is 24.3 Å². The van der Waals surface area contributed by atoms with Crippen molar-refractivity contribution in [1.29, 1.82) is 0 Å². The number of carbonyl (C=O) groups is 1. The summed E-state index contributed by atoms with van der Waals surface area (Å²) >= 11 is 0. The van der Waals surface area contributed by atoms with Gasteiger partial charge in [0.05, 0.1) is 12.7 Å². The minimum absolute atomic E-state index is 0.289. The lowest BCUT2D eigenvalue weighted by Gasteiger charge is -2.35. The second-order valence-corrected chi connectivity index (χ2v) is 6.95. The molecule has 0 aromatic heterocycles. The monoisotopic (exact) mass is 317 g/mol. The second kappa shape index (κ2) is 7.43. The van der Waals surface area contributed by atoms with Gasteiger partial charge in [-0.2, -0.15) is 0 Å². The van der Waals surface area contributed by atoms with E-state index in [2.05, 4.69) is 16.8 Å². The molecule has 2 fully saturated rings. The van der Waals surface area contributed by atoms with Gasteiger partial charge in [-0.3, -0.25) is 9.69 Å². The van der Waals surface area contributed by atoms with Gasteiger partial charge in [-0.05, 0) is 43.5 Å². The maximum absolute atomic E-state index is 11.1. The van der Waals surface area contributed by atoms with Gasteiger partial charge in [0.15, 0.2) is 0 Å². The van der Waals surface area contributed by atoms with Crippen molar-refractivity contribution in [2.24, 2.45) is 11.7 Å². The van der Waals surface area contributed by atoms with E-state index < -0.39 is 0 Å². The minimum atomic E-state index is -0.373. The van der Waals surface area contributed by atoms with Crippen LogP contribution in [0.5, 0.6) is 0 Å². The van der Waals surface area contributed by atoms with Gasteiger partial charge in [-0.1, -0.05) is 12.1 Å². The number of amides is 1. The van der Waals surface area contributed by atoms with E-state index in [1.165, 1.54) is 24.9 Å². The SMILES string of the molecule is CN(CC1CC1)C[C@@H]1CN(Cc2ccc(C(N)=O)cc2)CCO1. The molecule has 3 rings (SSSR count). The first-order valence-corrected chi connectivity index (χ1v) is 8.51. The molecule has 0 radical (unpaired) electrons. The summed E-state index contributed by atoms with van der Waals surface area (Å²) in [7, 11) is 2.20. The molecule has 23 heavy (non-hydrogen) atoms. The molecule has 0 bridgehead atoms. The van der Waals surface area contributed by atoms with E-state index in [4.69, 9.17) is 10.5 Å². The topological polar surface area (TPSA) is 58.8 Å². The number of hydrogen-bond donors (Lipinski definition) is 1. The molecule has 1 saturated carbocycles. The molecule has 1 saturated heterocycles. The summed E-state index contributed by atoms with van der Waals surface area (Å²) in [4.78, 5) is 16.0. The highest BCUT2D eigenvalue weighted by Gasteiger charge is 2.26. The van der Waals surface area contributed by atoms with Gasteiger partial charge in [-0.15, -0.1) is 0 Å². The minimum Gasteiger partial charge on any atom is -0.374 e. The summed E-state index contributed by atoms with van der Waals surface area (Å²) in [5, 5.41) is 0. The lowest BCUT2D eigenvalue weighted by atomic mass is 10.1. The molecule has 1 aliphatic heterocycles. The highest BCUT2D eigenvalue weighted by Crippen LogP contribution is 2.29. The Hall–Kier alpha value is -1.43. The number of ether oxygens (including phenoxy) is 1. The van der Waals surface area contributed by atoms with Crippen LogP contribution in [0.1, 0.15) is 28.8 Å². The van der Waals surface area contributed by atoms with Gasteiger partial charge < -0.3 is 15.4 Å². The highest BCUT2D eigenvalue weighted by molar-refractivity contribution is 5.92. The van der Waals surface area contributed by atoms with Crippen LogP contribution in [0.4, 0.5) is 0 Å². The summed E-state index contributed by atoms with van der Waals surface area (Å²) in [5.74, 6) is 0.546. The summed E-state index contributed by atoms with van der Waals surface area (Å²) < 4.78 is 5.92. The summed E-state index contributed by atoms with van der Waals surface area (Å²) in [6, 6.07) is 7.59. The first-order chi connectivity index (χ1) is 11.1. The normalized spacial score (nSPS) is 22.4. The number of nitrogens with two attached hydrogens (primary N) is 1. The third-order valence-corrected chi connectivity index (χ3v) is 4.65. The summed E-state index contributed by atoms with van der Waals surface area (Å²) in [5.41, 5.74) is 7.06. The van der Waals surface area contributed by atoms with E-state index in [9.17, 15) is 4.79 Å². The maximum Gasteiger partial charge on any atom is 0.248 e. The molecule has 0 unspecified atom stereocenters. The molecule has 126 valence electrons. The largest absolute Gasteiger partial charge is 0.374 e. The number of hydrogen-bond acceptors (Lipinski definition) is 4. The molecular formula is C18H27N3O2. The van der Waals surface area contributed by atoms with Crippen molar-refractivity contribution in [3.63, 3.8) is 0 Å². The first-order valence-electron chi connectivity index (χ1n) is 8.51. The van der Waals surface area contributed by atoms with Crippen LogP contribution in [-0.4, -0.2) is 61.6 Å². The molecule has 1 atom stereocenters. The zero-order chi connectivity index (χ0) is 16.2. The summed E-state index contributed by atoms with van der Waals surface area (Å²) in [6.45, 7) is 5.82. The Morgan fingerprint density at radius 1 is 1.30 bits per heavy atom. The standard InChI is InChI=1S/C18H27N3O2/c1-20(10-14-2-3-14)12-17-13-21(8-9-23-17)11-15-4-6-16(7-5-15)18(19)22/h4-7,14,17H,2-3,8-13H2,1H3,(H2,19,22)/t17-/m1/s1. The molecule has 1 aromatic rings. The van der Waals surface area contributed by atoms with Crippen molar-refractivity contribution >= 4 is 5.91 Å². The number of morpholine rings is 1. The maximum atomic E-state index is 11.1. The Morgan fingerprint density at radius 3 is 2.70 bits per heavy atom. The van der Waals surface area contributed by atoms with Gasteiger partial charge in [0.25, 0.3) is 0 Å². The van der Waals surface area contributed by atoms with Gasteiger partial charge >= 0.3 is 0 Å². The van der Waals surface area contributed by atoms with E-state index in [-0.39, 0.29) is 12.0 Å². The molecule has 1 aromatic carbocycles. The average Bonchev–Trinajstić information content (AvgIpc) is 3.32. The number of nitrogens with zero attached hydrogens (tertiary/aromatic N) is 2. The van der Waals surface area contributed by atoms with E-state index in [1.807, 2.05) is 12.1 Å². The van der Waals surface area contributed by atoms with Crippen LogP contribution < -0.4 is 5.73 Å². The number of likely N-dealkylation sites (N-methyl/N-ethyl adjacent to an activating group) is 1. The second-order valence-electron chi connectivity index (χ2n) is 6.95. The highest BCUT2D eigenvalue weighted by atomic mass is 16.5. The average molecular weight is 317 g/mol. The lowest BCUT2D eigenvalue weighted by Crippen LogP contribution is -2.46. The number of benzene rings is 1. The van der Waals surface area contributed by atoms with Gasteiger partial charge in [-0.25, -0.2) is 0 Å². The predicted molar refractivity (Wildman–Crippen MR) is 90.2 cm³/mol. The van der Waals surface area contributed by atoms with E-state index in [1.54, 1.807) is 12.1 Å².